The lowest BCUT2D eigenvalue weighted by Gasteiger charge is -2.14. The Kier molecular flexibility index (Phi) is 6.55. The highest BCUT2D eigenvalue weighted by molar-refractivity contribution is 7.10. The molecule has 6 heteroatoms. The van der Waals surface area contributed by atoms with Crippen LogP contribution in [0.4, 0.5) is 0 Å². The van der Waals surface area contributed by atoms with Crippen molar-refractivity contribution in [1.29, 1.82) is 0 Å². The minimum absolute atomic E-state index is 0.125. The van der Waals surface area contributed by atoms with Gasteiger partial charge in [-0.05, 0) is 36.1 Å². The third kappa shape index (κ3) is 5.50. The van der Waals surface area contributed by atoms with Crippen molar-refractivity contribution >= 4 is 23.2 Å². The van der Waals surface area contributed by atoms with E-state index in [2.05, 4.69) is 41.5 Å². The van der Waals surface area contributed by atoms with Gasteiger partial charge in [0.2, 0.25) is 11.8 Å². The number of carbonyl (C=O) groups excluding carboxylic acids is 2. The van der Waals surface area contributed by atoms with Gasteiger partial charge >= 0.3 is 0 Å². The van der Waals surface area contributed by atoms with Gasteiger partial charge < -0.3 is 9.88 Å². The van der Waals surface area contributed by atoms with Gasteiger partial charge in [-0.1, -0.05) is 42.0 Å². The molecule has 1 N–H and O–H groups in total. The lowest BCUT2D eigenvalue weighted by atomic mass is 10.1. The van der Waals surface area contributed by atoms with E-state index in [1.54, 1.807) is 0 Å². The highest BCUT2D eigenvalue weighted by Crippen LogP contribution is 2.22. The zero-order chi connectivity index (χ0) is 19.9. The van der Waals surface area contributed by atoms with Crippen LogP contribution in [0.3, 0.4) is 0 Å². The van der Waals surface area contributed by atoms with Crippen LogP contribution in [-0.2, 0) is 16.1 Å². The van der Waals surface area contributed by atoms with Crippen LogP contribution in [0.25, 0.3) is 0 Å². The maximum Gasteiger partial charge on any atom is 0.250 e. The number of nitrogens with one attached hydrogen (secondary N) is 1. The Morgan fingerprint density at radius 2 is 1.89 bits per heavy atom. The fourth-order valence-corrected chi connectivity index (χ4v) is 3.68. The van der Waals surface area contributed by atoms with Gasteiger partial charge in [-0.3, -0.25) is 9.59 Å². The topological polar surface area (TPSA) is 63.5 Å². The molecule has 144 valence electrons. The van der Waals surface area contributed by atoms with Gasteiger partial charge in [-0.15, -0.1) is 11.3 Å². The summed E-state index contributed by atoms with van der Waals surface area (Å²) in [4.78, 5) is 29.4. The molecule has 3 rings (SSSR count). The second kappa shape index (κ2) is 9.28. The molecule has 0 fully saturated rings. The van der Waals surface area contributed by atoms with E-state index in [0.717, 1.165) is 10.4 Å². The first kappa shape index (κ1) is 19.8. The van der Waals surface area contributed by atoms with Crippen molar-refractivity contribution < 1.29 is 9.59 Å². The monoisotopic (exact) mass is 393 g/mol. The van der Waals surface area contributed by atoms with Crippen LogP contribution in [0.15, 0.2) is 71.2 Å². The summed E-state index contributed by atoms with van der Waals surface area (Å²) in [5, 5.41) is 4.77. The number of amides is 2. The Morgan fingerprint density at radius 1 is 1.11 bits per heavy atom. The van der Waals surface area contributed by atoms with Crippen molar-refractivity contribution in [3.63, 3.8) is 0 Å². The second-order valence-electron chi connectivity index (χ2n) is 6.65. The number of aromatic nitrogens is 1. The van der Waals surface area contributed by atoms with Crippen LogP contribution < -0.4 is 10.8 Å². The normalized spacial score (nSPS) is 12.6. The van der Waals surface area contributed by atoms with Crippen LogP contribution in [0.2, 0.25) is 0 Å². The highest BCUT2D eigenvalue weighted by atomic mass is 32.1. The number of rotatable bonds is 6. The molecule has 1 unspecified atom stereocenters. The van der Waals surface area contributed by atoms with Crippen molar-refractivity contribution in [2.24, 2.45) is 4.99 Å². The van der Waals surface area contributed by atoms with E-state index in [0.29, 0.717) is 12.0 Å². The van der Waals surface area contributed by atoms with E-state index in [-0.39, 0.29) is 24.3 Å². The maximum absolute atomic E-state index is 12.6. The first-order chi connectivity index (χ1) is 13.5. The summed E-state index contributed by atoms with van der Waals surface area (Å²) < 4.78 is 1.95. The predicted octanol–water partition coefficient (Wildman–Crippen LogP) is 3.60. The lowest BCUT2D eigenvalue weighted by Crippen LogP contribution is -2.28. The van der Waals surface area contributed by atoms with Gasteiger partial charge in [0.15, 0.2) is 0 Å². The van der Waals surface area contributed by atoms with E-state index in [1.165, 1.54) is 23.8 Å². The molecule has 0 saturated heterocycles. The summed E-state index contributed by atoms with van der Waals surface area (Å²) in [6.45, 7) is 4.14. The lowest BCUT2D eigenvalue weighted by molar-refractivity contribution is -0.121. The summed E-state index contributed by atoms with van der Waals surface area (Å²) in [5.41, 5.74) is 2.95. The molecule has 2 amide bonds. The standard InChI is InChI=1S/C22H23N3O2S/c1-16-8-10-18(11-9-16)15-25-12-4-3-7-21(25)24-22(27)14-19(23-17(2)26)20-6-5-13-28-20/h3-13,19H,14-15H2,1-2H3,(H,23,26). The molecule has 0 aliphatic carbocycles. The third-order valence-electron chi connectivity index (χ3n) is 4.27. The van der Waals surface area contributed by atoms with Crippen LogP contribution >= 0.6 is 11.3 Å². The van der Waals surface area contributed by atoms with Crippen LogP contribution in [0, 0.1) is 6.92 Å². The number of aryl methyl sites for hydroxylation is 1. The van der Waals surface area contributed by atoms with E-state index in [9.17, 15) is 9.59 Å². The van der Waals surface area contributed by atoms with Crippen molar-refractivity contribution in [3.05, 3.63) is 87.7 Å². The molecule has 1 atom stereocenters. The van der Waals surface area contributed by atoms with Gasteiger partial charge in [0, 0.05) is 24.5 Å². The molecule has 0 radical (unpaired) electrons. The summed E-state index contributed by atoms with van der Waals surface area (Å²) in [5.74, 6) is -0.434. The van der Waals surface area contributed by atoms with E-state index in [1.807, 2.05) is 46.5 Å². The van der Waals surface area contributed by atoms with E-state index >= 15 is 0 Å². The zero-order valence-corrected chi connectivity index (χ0v) is 16.8. The molecule has 28 heavy (non-hydrogen) atoms. The fraction of sp³-hybridized carbons (Fsp3) is 0.227. The van der Waals surface area contributed by atoms with Crippen LogP contribution in [0.1, 0.15) is 35.4 Å². The van der Waals surface area contributed by atoms with Crippen molar-refractivity contribution in [2.45, 2.75) is 32.9 Å². The minimum atomic E-state index is -0.358. The minimum Gasteiger partial charge on any atom is -0.348 e. The zero-order valence-electron chi connectivity index (χ0n) is 16.0. The average Bonchev–Trinajstić information content (AvgIpc) is 3.19. The number of benzene rings is 1. The summed E-state index contributed by atoms with van der Waals surface area (Å²) >= 11 is 1.51. The molecule has 0 saturated carbocycles. The van der Waals surface area contributed by atoms with Crippen molar-refractivity contribution in [2.75, 3.05) is 0 Å². The average molecular weight is 394 g/mol. The summed E-state index contributed by atoms with van der Waals surface area (Å²) in [7, 11) is 0. The Bertz CT molecular complexity index is 1000. The fourth-order valence-electron chi connectivity index (χ4n) is 2.90. The first-order valence-electron chi connectivity index (χ1n) is 9.10. The molecule has 0 aliphatic heterocycles. The molecule has 0 aliphatic rings. The number of carbonyl (C=O) groups is 2. The van der Waals surface area contributed by atoms with E-state index < -0.39 is 0 Å². The number of hydrogen-bond acceptors (Lipinski definition) is 3. The largest absolute Gasteiger partial charge is 0.348 e. The summed E-state index contributed by atoms with van der Waals surface area (Å²) in [6.07, 6.45) is 2.04. The number of pyridine rings is 1. The number of hydrogen-bond donors (Lipinski definition) is 1. The molecule has 0 spiro atoms. The third-order valence-corrected chi connectivity index (χ3v) is 5.26. The molecule has 0 bridgehead atoms. The molecular weight excluding hydrogens is 370 g/mol. The van der Waals surface area contributed by atoms with Crippen LogP contribution in [-0.4, -0.2) is 16.4 Å². The second-order valence-corrected chi connectivity index (χ2v) is 7.63. The van der Waals surface area contributed by atoms with Crippen molar-refractivity contribution in [3.8, 4) is 0 Å². The maximum atomic E-state index is 12.6. The van der Waals surface area contributed by atoms with Crippen LogP contribution in [0.5, 0.6) is 0 Å². The van der Waals surface area contributed by atoms with Gasteiger partial charge in [0.05, 0.1) is 12.5 Å². The molecular formula is C22H23N3O2S. The van der Waals surface area contributed by atoms with Gasteiger partial charge in [0.1, 0.15) is 5.49 Å². The predicted molar refractivity (Wildman–Crippen MR) is 111 cm³/mol. The number of nitrogens with zero attached hydrogens (tertiary/aromatic N) is 2. The van der Waals surface area contributed by atoms with Crippen molar-refractivity contribution in [1.82, 2.24) is 9.88 Å². The Morgan fingerprint density at radius 3 is 2.57 bits per heavy atom. The molecule has 5 nitrogen and oxygen atoms in total. The quantitative estimate of drug-likeness (QED) is 0.695. The smallest absolute Gasteiger partial charge is 0.250 e. The Balaban J connectivity index is 1.81. The number of thiophene rings is 1. The van der Waals surface area contributed by atoms with Gasteiger partial charge in [-0.2, -0.15) is 4.99 Å². The van der Waals surface area contributed by atoms with Gasteiger partial charge in [0.25, 0.3) is 0 Å². The summed E-state index contributed by atoms with van der Waals surface area (Å²) in [6, 6.07) is 17.4. The molecule has 2 heterocycles. The van der Waals surface area contributed by atoms with Gasteiger partial charge in [-0.25, -0.2) is 0 Å². The molecule has 1 aromatic carbocycles. The highest BCUT2D eigenvalue weighted by Gasteiger charge is 2.17. The SMILES string of the molecule is CC(=O)NC(CC(=O)N=c1ccccn1Cc1ccc(C)cc1)c1cccs1. The molecule has 2 aromatic heterocycles. The Labute approximate surface area is 168 Å². The molecule has 3 aromatic rings. The first-order valence-corrected chi connectivity index (χ1v) is 9.98. The van der Waals surface area contributed by atoms with E-state index in [4.69, 9.17) is 0 Å². The Hall–Kier alpha value is -2.99.